The number of carboxylic acids is 1. The molecule has 2 unspecified atom stereocenters. The molecule has 9 nitrogen and oxygen atoms in total. The van der Waals surface area contributed by atoms with E-state index >= 15 is 0 Å². The van der Waals surface area contributed by atoms with E-state index in [1.54, 1.807) is 12.1 Å². The normalized spacial score (nSPS) is 13.1. The Morgan fingerprint density at radius 2 is 1.64 bits per heavy atom. The highest BCUT2D eigenvalue weighted by atomic mass is 16.4. The lowest BCUT2D eigenvalue weighted by molar-refractivity contribution is -0.132. The zero-order valence-corrected chi connectivity index (χ0v) is 15.7. The Bertz CT molecular complexity index is 743. The Hall–Kier alpha value is -3.36. The number of rotatable bonds is 10. The highest BCUT2D eigenvalue weighted by molar-refractivity contribution is 5.97. The number of carbonyl (C=O) groups excluding carboxylic acids is 3. The van der Waals surface area contributed by atoms with E-state index in [2.05, 4.69) is 10.6 Å². The Labute approximate surface area is 162 Å². The maximum absolute atomic E-state index is 12.7. The van der Waals surface area contributed by atoms with Gasteiger partial charge in [-0.15, -0.1) is 0 Å². The average molecular weight is 391 g/mol. The molecule has 0 saturated carbocycles. The molecule has 152 valence electrons. The molecule has 0 radical (unpaired) electrons. The molecule has 0 spiro atoms. The van der Waals surface area contributed by atoms with Gasteiger partial charge in [0.2, 0.25) is 17.7 Å². The number of phenolic OH excluding ortho intramolecular Hbond substituents is 1. The lowest BCUT2D eigenvalue weighted by Crippen LogP contribution is -2.53. The Balaban J connectivity index is 2.97. The van der Waals surface area contributed by atoms with Gasteiger partial charge in [-0.05, 0) is 30.0 Å². The van der Waals surface area contributed by atoms with Crippen LogP contribution in [0.4, 0.5) is 0 Å². The van der Waals surface area contributed by atoms with E-state index in [1.807, 2.05) is 13.8 Å². The fourth-order valence-corrected chi connectivity index (χ4v) is 2.43. The smallest absolute Gasteiger partial charge is 0.328 e. The number of phenols is 1. The average Bonchev–Trinajstić information content (AvgIpc) is 2.60. The number of amides is 3. The molecule has 9 heteroatoms. The van der Waals surface area contributed by atoms with E-state index in [1.165, 1.54) is 12.1 Å². The lowest BCUT2D eigenvalue weighted by atomic mass is 10.0. The van der Waals surface area contributed by atoms with Crippen LogP contribution < -0.4 is 16.4 Å². The Morgan fingerprint density at radius 1 is 1.04 bits per heavy atom. The first-order valence-electron chi connectivity index (χ1n) is 8.67. The minimum Gasteiger partial charge on any atom is -0.508 e. The maximum atomic E-state index is 12.7. The van der Waals surface area contributed by atoms with Crippen molar-refractivity contribution < 1.29 is 29.4 Å². The third-order valence-corrected chi connectivity index (χ3v) is 3.75. The van der Waals surface area contributed by atoms with Gasteiger partial charge < -0.3 is 26.6 Å². The fraction of sp³-hybridized carbons (Fsp3) is 0.368. The molecule has 0 saturated heterocycles. The van der Waals surface area contributed by atoms with E-state index in [9.17, 15) is 24.3 Å². The van der Waals surface area contributed by atoms with Crippen LogP contribution in [0.5, 0.6) is 5.75 Å². The van der Waals surface area contributed by atoms with E-state index in [0.717, 1.165) is 6.08 Å². The summed E-state index contributed by atoms with van der Waals surface area (Å²) >= 11 is 0. The van der Waals surface area contributed by atoms with Crippen LogP contribution in [-0.2, 0) is 25.6 Å². The third-order valence-electron chi connectivity index (χ3n) is 3.75. The van der Waals surface area contributed by atoms with Crippen molar-refractivity contribution in [1.29, 1.82) is 0 Å². The first kappa shape index (κ1) is 22.7. The number of carbonyl (C=O) groups is 4. The van der Waals surface area contributed by atoms with Crippen molar-refractivity contribution in [3.63, 3.8) is 0 Å². The van der Waals surface area contributed by atoms with Crippen molar-refractivity contribution in [2.24, 2.45) is 11.7 Å². The highest BCUT2D eigenvalue weighted by Crippen LogP contribution is 2.12. The monoisotopic (exact) mass is 391 g/mol. The molecule has 0 heterocycles. The number of aromatic hydroxyl groups is 1. The first-order valence-corrected chi connectivity index (χ1v) is 8.67. The number of benzene rings is 1. The van der Waals surface area contributed by atoms with E-state index in [4.69, 9.17) is 10.8 Å². The second-order valence-corrected chi connectivity index (χ2v) is 6.70. The zero-order valence-electron chi connectivity index (χ0n) is 15.7. The number of carboxylic acid groups (broad SMARTS) is 1. The number of primary amides is 1. The molecule has 0 aliphatic rings. The number of hydrogen-bond acceptors (Lipinski definition) is 5. The van der Waals surface area contributed by atoms with E-state index in [0.29, 0.717) is 18.1 Å². The molecule has 1 rings (SSSR count). The second-order valence-electron chi connectivity index (χ2n) is 6.70. The number of nitrogens with one attached hydrogen (secondary N) is 2. The number of hydrogen-bond donors (Lipinski definition) is 5. The number of nitrogens with two attached hydrogens (primary N) is 1. The molecule has 0 bridgehead atoms. The van der Waals surface area contributed by atoms with Gasteiger partial charge in [0.05, 0.1) is 0 Å². The molecule has 1 aromatic rings. The van der Waals surface area contributed by atoms with Crippen molar-refractivity contribution >= 4 is 23.7 Å². The molecular formula is C19H25N3O6. The lowest BCUT2D eigenvalue weighted by Gasteiger charge is -2.22. The summed E-state index contributed by atoms with van der Waals surface area (Å²) in [7, 11) is 0. The van der Waals surface area contributed by atoms with Crippen LogP contribution >= 0.6 is 0 Å². The van der Waals surface area contributed by atoms with Crippen LogP contribution in [-0.4, -0.2) is 46.0 Å². The molecule has 3 amide bonds. The van der Waals surface area contributed by atoms with Crippen LogP contribution in [0, 0.1) is 5.92 Å². The van der Waals surface area contributed by atoms with Crippen LogP contribution in [0.25, 0.3) is 0 Å². The fourth-order valence-electron chi connectivity index (χ4n) is 2.43. The van der Waals surface area contributed by atoms with Gasteiger partial charge >= 0.3 is 5.97 Å². The summed E-state index contributed by atoms with van der Waals surface area (Å²) in [4.78, 5) is 46.7. The first-order chi connectivity index (χ1) is 13.1. The summed E-state index contributed by atoms with van der Waals surface area (Å²) in [5.74, 6) is -3.26. The van der Waals surface area contributed by atoms with E-state index < -0.39 is 35.8 Å². The van der Waals surface area contributed by atoms with Gasteiger partial charge in [-0.3, -0.25) is 14.4 Å². The van der Waals surface area contributed by atoms with Crippen molar-refractivity contribution in [3.05, 3.63) is 42.0 Å². The molecular weight excluding hydrogens is 366 g/mol. The van der Waals surface area contributed by atoms with Crippen molar-refractivity contribution in [3.8, 4) is 5.75 Å². The van der Waals surface area contributed by atoms with Crippen LogP contribution in [0.3, 0.4) is 0 Å². The number of aliphatic carboxylic acids is 1. The zero-order chi connectivity index (χ0) is 21.3. The minimum atomic E-state index is -1.31. The van der Waals surface area contributed by atoms with Crippen LogP contribution in [0.15, 0.2) is 36.4 Å². The Kier molecular flexibility index (Phi) is 8.67. The molecule has 0 aliphatic heterocycles. The topological polar surface area (TPSA) is 159 Å². The maximum Gasteiger partial charge on any atom is 0.328 e. The minimum absolute atomic E-state index is 0.0453. The summed E-state index contributed by atoms with van der Waals surface area (Å²) in [5.41, 5.74) is 5.98. The molecule has 1 aromatic carbocycles. The van der Waals surface area contributed by atoms with Crippen molar-refractivity contribution in [2.75, 3.05) is 0 Å². The summed E-state index contributed by atoms with van der Waals surface area (Å²) in [6.45, 7) is 3.74. The van der Waals surface area contributed by atoms with Gasteiger partial charge in [0.1, 0.15) is 17.8 Å². The highest BCUT2D eigenvalue weighted by Gasteiger charge is 2.26. The van der Waals surface area contributed by atoms with Gasteiger partial charge in [0.15, 0.2) is 0 Å². The Morgan fingerprint density at radius 3 is 2.14 bits per heavy atom. The molecule has 0 aliphatic carbocycles. The van der Waals surface area contributed by atoms with Gasteiger partial charge in [0, 0.05) is 18.6 Å². The van der Waals surface area contributed by atoms with Crippen molar-refractivity contribution in [2.45, 2.75) is 38.8 Å². The van der Waals surface area contributed by atoms with E-state index in [-0.39, 0.29) is 18.1 Å². The molecule has 28 heavy (non-hydrogen) atoms. The molecule has 2 atom stereocenters. The third kappa shape index (κ3) is 8.35. The predicted molar refractivity (Wildman–Crippen MR) is 101 cm³/mol. The molecule has 6 N–H and O–H groups in total. The SMILES string of the molecule is CC(C)CC(NC(=O)C(Cc1ccc(O)cc1)NC(=O)C=CC(=O)O)C(N)=O. The second kappa shape index (κ2) is 10.7. The summed E-state index contributed by atoms with van der Waals surface area (Å²) in [6.07, 6.45) is 1.83. The van der Waals surface area contributed by atoms with Crippen molar-refractivity contribution in [1.82, 2.24) is 10.6 Å². The summed E-state index contributed by atoms with van der Waals surface area (Å²) in [6, 6.07) is 4.04. The summed E-state index contributed by atoms with van der Waals surface area (Å²) < 4.78 is 0. The molecule has 0 aromatic heterocycles. The van der Waals surface area contributed by atoms with Gasteiger partial charge in [0.25, 0.3) is 0 Å². The molecule has 0 fully saturated rings. The largest absolute Gasteiger partial charge is 0.508 e. The van der Waals surface area contributed by atoms with Crippen LogP contribution in [0.2, 0.25) is 0 Å². The van der Waals surface area contributed by atoms with Gasteiger partial charge in [-0.2, -0.15) is 0 Å². The van der Waals surface area contributed by atoms with Gasteiger partial charge in [-0.25, -0.2) is 4.79 Å². The van der Waals surface area contributed by atoms with Gasteiger partial charge in [-0.1, -0.05) is 26.0 Å². The van der Waals surface area contributed by atoms with Crippen LogP contribution in [0.1, 0.15) is 25.8 Å². The standard InChI is InChI=1S/C19H25N3O6/c1-11(2)9-14(18(20)27)22-19(28)15(21-16(24)7-8-17(25)26)10-12-3-5-13(23)6-4-12/h3-8,11,14-15,23H,9-10H2,1-2H3,(H2,20,27)(H,21,24)(H,22,28)(H,25,26). The summed E-state index contributed by atoms with van der Waals surface area (Å²) in [5, 5.41) is 22.9. The quantitative estimate of drug-likeness (QED) is 0.355. The predicted octanol–water partition coefficient (Wildman–Crippen LogP) is 0.0765.